The topological polar surface area (TPSA) is 91.7 Å². The molecule has 0 aliphatic carbocycles. The summed E-state index contributed by atoms with van der Waals surface area (Å²) in [5.41, 5.74) is 7.26. The molecule has 0 aliphatic rings. The molecule has 3 aromatic rings. The van der Waals surface area contributed by atoms with E-state index in [1.807, 2.05) is 6.92 Å². The van der Waals surface area contributed by atoms with Crippen LogP contribution in [-0.4, -0.2) is 37.5 Å². The van der Waals surface area contributed by atoms with Gasteiger partial charge in [0.05, 0.1) is 18.1 Å². The molecule has 24 heavy (non-hydrogen) atoms. The third kappa shape index (κ3) is 3.21. The smallest absolute Gasteiger partial charge is 0.272 e. The van der Waals surface area contributed by atoms with E-state index in [4.69, 9.17) is 22.1 Å². The average Bonchev–Trinajstić information content (AvgIpc) is 2.96. The molecule has 2 N–H and O–H groups in total. The molecule has 0 bridgehead atoms. The summed E-state index contributed by atoms with van der Waals surface area (Å²) in [6.45, 7) is 1.18. The van der Waals surface area contributed by atoms with E-state index in [-0.39, 0.29) is 17.1 Å². The number of nitrogens with zero attached hydrogens (tertiary/aromatic N) is 5. The van der Waals surface area contributed by atoms with E-state index in [1.54, 1.807) is 17.0 Å². The van der Waals surface area contributed by atoms with Crippen molar-refractivity contribution in [1.82, 2.24) is 24.5 Å². The van der Waals surface area contributed by atoms with Gasteiger partial charge in [-0.3, -0.25) is 4.98 Å². The highest BCUT2D eigenvalue weighted by molar-refractivity contribution is 6.28. The highest BCUT2D eigenvalue weighted by Crippen LogP contribution is 2.26. The maximum Gasteiger partial charge on any atom is 0.272 e. The molecular weight excluding hydrogens is 342 g/mol. The molecule has 3 aromatic heterocycles. The number of anilines is 1. The van der Waals surface area contributed by atoms with Crippen LogP contribution in [0.1, 0.15) is 18.7 Å². The summed E-state index contributed by atoms with van der Waals surface area (Å²) in [7, 11) is 0. The molecule has 1 unspecified atom stereocenters. The van der Waals surface area contributed by atoms with Crippen LogP contribution in [0.2, 0.25) is 5.28 Å². The first-order valence-corrected chi connectivity index (χ1v) is 7.36. The monoisotopic (exact) mass is 354 g/mol. The van der Waals surface area contributed by atoms with Gasteiger partial charge in [0, 0.05) is 12.3 Å². The molecule has 0 aromatic carbocycles. The maximum absolute atomic E-state index is 12.3. The lowest BCUT2D eigenvalue weighted by Gasteiger charge is -2.14. The molecule has 3 heterocycles. The molecule has 0 saturated heterocycles. The lowest BCUT2D eigenvalue weighted by Crippen LogP contribution is -2.10. The Hall–Kier alpha value is -2.55. The van der Waals surface area contributed by atoms with Gasteiger partial charge in [-0.15, -0.1) is 0 Å². The van der Waals surface area contributed by atoms with Crippen LogP contribution >= 0.6 is 11.6 Å². The van der Waals surface area contributed by atoms with Crippen molar-refractivity contribution in [2.45, 2.75) is 19.4 Å². The Morgan fingerprint density at radius 1 is 1.33 bits per heavy atom. The first-order valence-electron chi connectivity index (χ1n) is 6.98. The quantitative estimate of drug-likeness (QED) is 0.708. The number of rotatable bonds is 5. The highest BCUT2D eigenvalue weighted by Gasteiger charge is 2.17. The van der Waals surface area contributed by atoms with Gasteiger partial charge >= 0.3 is 0 Å². The van der Waals surface area contributed by atoms with E-state index in [2.05, 4.69) is 19.9 Å². The lowest BCUT2D eigenvalue weighted by atomic mass is 10.2. The Balaban J connectivity index is 1.95. The number of pyridine rings is 1. The van der Waals surface area contributed by atoms with E-state index < -0.39 is 13.0 Å². The number of aromatic nitrogens is 5. The van der Waals surface area contributed by atoms with Crippen LogP contribution < -0.4 is 10.5 Å². The van der Waals surface area contributed by atoms with Gasteiger partial charge in [0.15, 0.2) is 11.5 Å². The Morgan fingerprint density at radius 3 is 2.88 bits per heavy atom. The molecule has 126 valence electrons. The molecule has 7 nitrogen and oxygen atoms in total. The Morgan fingerprint density at radius 2 is 2.12 bits per heavy atom. The van der Waals surface area contributed by atoms with Gasteiger partial charge in [-0.05, 0) is 24.6 Å². The number of alkyl halides is 2. The Labute approximate surface area is 140 Å². The van der Waals surface area contributed by atoms with Gasteiger partial charge in [0.1, 0.15) is 17.9 Å². The molecule has 0 radical (unpaired) electrons. The molecule has 0 aliphatic heterocycles. The minimum absolute atomic E-state index is 0.0101. The van der Waals surface area contributed by atoms with Crippen molar-refractivity contribution >= 4 is 28.6 Å². The second-order valence-corrected chi connectivity index (χ2v) is 5.33. The van der Waals surface area contributed by atoms with Crippen LogP contribution in [0, 0.1) is 0 Å². The van der Waals surface area contributed by atoms with Crippen molar-refractivity contribution in [2.24, 2.45) is 0 Å². The fourth-order valence-electron chi connectivity index (χ4n) is 2.24. The van der Waals surface area contributed by atoms with Gasteiger partial charge in [0.25, 0.3) is 6.43 Å². The molecule has 3 rings (SSSR count). The van der Waals surface area contributed by atoms with Gasteiger partial charge < -0.3 is 15.0 Å². The van der Waals surface area contributed by atoms with Gasteiger partial charge in [-0.25, -0.2) is 13.8 Å². The normalized spacial score (nSPS) is 12.7. The minimum atomic E-state index is -2.54. The second kappa shape index (κ2) is 6.52. The van der Waals surface area contributed by atoms with Crippen molar-refractivity contribution in [3.63, 3.8) is 0 Å². The second-order valence-electron chi connectivity index (χ2n) is 5.00. The number of ether oxygens (including phenoxy) is 1. The predicted octanol–water partition coefficient (Wildman–Crippen LogP) is 2.71. The first-order chi connectivity index (χ1) is 11.5. The van der Waals surface area contributed by atoms with Crippen molar-refractivity contribution in [3.05, 3.63) is 35.6 Å². The first kappa shape index (κ1) is 16.3. The largest absolute Gasteiger partial charge is 0.488 e. The molecule has 10 heteroatoms. The van der Waals surface area contributed by atoms with Crippen LogP contribution in [-0.2, 0) is 0 Å². The van der Waals surface area contributed by atoms with E-state index in [1.165, 1.54) is 12.3 Å². The Bertz CT molecular complexity index is 872. The van der Waals surface area contributed by atoms with Gasteiger partial charge in [-0.2, -0.15) is 9.97 Å². The number of nitrogens with two attached hydrogens (primary N) is 1. The number of halogens is 3. The molecule has 0 amide bonds. The van der Waals surface area contributed by atoms with Crippen molar-refractivity contribution in [2.75, 3.05) is 12.3 Å². The maximum atomic E-state index is 12.3. The van der Waals surface area contributed by atoms with Crippen LogP contribution in [0.4, 0.5) is 14.6 Å². The zero-order valence-corrected chi connectivity index (χ0v) is 13.3. The van der Waals surface area contributed by atoms with Crippen LogP contribution in [0.15, 0.2) is 24.7 Å². The molecule has 1 atom stereocenters. The van der Waals surface area contributed by atoms with E-state index >= 15 is 0 Å². The summed E-state index contributed by atoms with van der Waals surface area (Å²) in [5, 5.41) is 0.0101. The number of hydrogen-bond donors (Lipinski definition) is 1. The van der Waals surface area contributed by atoms with E-state index in [9.17, 15) is 8.78 Å². The van der Waals surface area contributed by atoms with Crippen LogP contribution in [0.25, 0.3) is 11.2 Å². The standard InChI is InChI=1S/C14H13ClF2N6O/c1-7(9-4-8(2-3-19-9)24-5-10(16)17)23-6-20-11-12(18)21-14(15)22-13(11)23/h2-4,6-7,10H,5H2,1H3,(H2,18,21,22). The van der Waals surface area contributed by atoms with Gasteiger partial charge in [-0.1, -0.05) is 0 Å². The summed E-state index contributed by atoms with van der Waals surface area (Å²) >= 11 is 5.85. The molecule has 0 saturated carbocycles. The van der Waals surface area contributed by atoms with Crippen LogP contribution in [0.5, 0.6) is 5.75 Å². The summed E-state index contributed by atoms with van der Waals surface area (Å²) in [6, 6.07) is 2.81. The molecule has 0 fully saturated rings. The van der Waals surface area contributed by atoms with Crippen molar-refractivity contribution in [3.8, 4) is 5.75 Å². The number of imidazole rings is 1. The average molecular weight is 355 g/mol. The summed E-state index contributed by atoms with van der Waals surface area (Å²) < 4.78 is 31.3. The predicted molar refractivity (Wildman–Crippen MR) is 84.3 cm³/mol. The summed E-state index contributed by atoms with van der Waals surface area (Å²) in [4.78, 5) is 16.4. The fraction of sp³-hybridized carbons (Fsp3) is 0.286. The zero-order valence-electron chi connectivity index (χ0n) is 12.5. The molecular formula is C14H13ClF2N6O. The molecule has 0 spiro atoms. The van der Waals surface area contributed by atoms with Crippen molar-refractivity contribution < 1.29 is 13.5 Å². The number of hydrogen-bond acceptors (Lipinski definition) is 6. The van der Waals surface area contributed by atoms with Crippen LogP contribution in [0.3, 0.4) is 0 Å². The Kier molecular flexibility index (Phi) is 4.43. The minimum Gasteiger partial charge on any atom is -0.488 e. The highest BCUT2D eigenvalue weighted by atomic mass is 35.5. The van der Waals surface area contributed by atoms with E-state index in [0.29, 0.717) is 22.6 Å². The third-order valence-electron chi connectivity index (χ3n) is 3.39. The zero-order chi connectivity index (χ0) is 17.3. The number of fused-ring (bicyclic) bond motifs is 1. The number of nitrogen functional groups attached to an aromatic ring is 1. The third-order valence-corrected chi connectivity index (χ3v) is 3.56. The fourth-order valence-corrected chi connectivity index (χ4v) is 2.41. The summed E-state index contributed by atoms with van der Waals surface area (Å²) in [5.74, 6) is 0.488. The van der Waals surface area contributed by atoms with Gasteiger partial charge in [0.2, 0.25) is 5.28 Å². The van der Waals surface area contributed by atoms with E-state index in [0.717, 1.165) is 0 Å². The SMILES string of the molecule is CC(c1cc(OCC(F)F)ccn1)n1cnc2c(N)nc(Cl)nc21. The van der Waals surface area contributed by atoms with Crippen molar-refractivity contribution in [1.29, 1.82) is 0 Å². The lowest BCUT2D eigenvalue weighted by molar-refractivity contribution is 0.0818. The summed E-state index contributed by atoms with van der Waals surface area (Å²) in [6.07, 6.45) is 0.492.